The van der Waals surface area contributed by atoms with Crippen LogP contribution >= 0.6 is 0 Å². The van der Waals surface area contributed by atoms with Crippen LogP contribution in [-0.2, 0) is 0 Å². The van der Waals surface area contributed by atoms with Crippen LogP contribution in [0.5, 0.6) is 23.0 Å². The molecule has 0 radical (unpaired) electrons. The predicted octanol–water partition coefficient (Wildman–Crippen LogP) is 2.59. The summed E-state index contributed by atoms with van der Waals surface area (Å²) < 4.78 is 9.98. The molecule has 0 unspecified atom stereocenters. The summed E-state index contributed by atoms with van der Waals surface area (Å²) in [6, 6.07) is 9.54. The molecule has 1 aromatic heterocycles. The Labute approximate surface area is 124 Å². The van der Waals surface area contributed by atoms with Crippen molar-refractivity contribution >= 4 is 11.0 Å². The van der Waals surface area contributed by atoms with E-state index in [4.69, 9.17) is 9.15 Å². The molecule has 6 nitrogen and oxygen atoms in total. The van der Waals surface area contributed by atoms with Gasteiger partial charge in [-0.05, 0) is 5.56 Å². The van der Waals surface area contributed by atoms with E-state index < -0.39 is 22.9 Å². The van der Waals surface area contributed by atoms with Crippen LogP contribution in [0.15, 0.2) is 45.6 Å². The highest BCUT2D eigenvalue weighted by molar-refractivity contribution is 5.97. The molecule has 3 rings (SSSR count). The topological polar surface area (TPSA) is 100 Å². The van der Waals surface area contributed by atoms with E-state index in [-0.39, 0.29) is 22.3 Å². The summed E-state index contributed by atoms with van der Waals surface area (Å²) in [6.45, 7) is 0. The molecule has 0 spiro atoms. The van der Waals surface area contributed by atoms with Gasteiger partial charge in [-0.25, -0.2) is 4.79 Å². The SMILES string of the molecule is COc1c(O)cc2oc(=O)c(-c3ccccc3)c(O)c2c1O. The summed E-state index contributed by atoms with van der Waals surface area (Å²) in [5.74, 6) is -1.55. The van der Waals surface area contributed by atoms with Crippen LogP contribution in [0.25, 0.3) is 22.1 Å². The fourth-order valence-electron chi connectivity index (χ4n) is 2.36. The summed E-state index contributed by atoms with van der Waals surface area (Å²) in [6.07, 6.45) is 0. The number of hydrogen-bond acceptors (Lipinski definition) is 6. The van der Waals surface area contributed by atoms with Crippen molar-refractivity contribution in [2.45, 2.75) is 0 Å². The fourth-order valence-corrected chi connectivity index (χ4v) is 2.36. The molecule has 0 saturated carbocycles. The van der Waals surface area contributed by atoms with Crippen molar-refractivity contribution in [2.24, 2.45) is 0 Å². The second-order valence-corrected chi connectivity index (χ2v) is 4.63. The van der Waals surface area contributed by atoms with Gasteiger partial charge < -0.3 is 24.5 Å². The van der Waals surface area contributed by atoms with Gasteiger partial charge in [0.15, 0.2) is 11.5 Å². The first-order valence-corrected chi connectivity index (χ1v) is 6.38. The lowest BCUT2D eigenvalue weighted by Gasteiger charge is -2.11. The minimum atomic E-state index is -0.778. The number of rotatable bonds is 2. The van der Waals surface area contributed by atoms with Gasteiger partial charge >= 0.3 is 5.63 Å². The quantitative estimate of drug-likeness (QED) is 0.629. The molecular formula is C16H12O6. The molecule has 0 aliphatic heterocycles. The van der Waals surface area contributed by atoms with Crippen LogP contribution in [0.1, 0.15) is 0 Å². The first-order chi connectivity index (χ1) is 10.5. The Bertz CT molecular complexity index is 912. The maximum atomic E-state index is 12.1. The van der Waals surface area contributed by atoms with Crippen molar-refractivity contribution < 1.29 is 24.5 Å². The largest absolute Gasteiger partial charge is 0.506 e. The highest BCUT2D eigenvalue weighted by Crippen LogP contribution is 2.46. The molecule has 22 heavy (non-hydrogen) atoms. The van der Waals surface area contributed by atoms with Crippen LogP contribution in [0.3, 0.4) is 0 Å². The lowest BCUT2D eigenvalue weighted by molar-refractivity contribution is 0.345. The molecule has 0 fully saturated rings. The zero-order valence-electron chi connectivity index (χ0n) is 11.5. The predicted molar refractivity (Wildman–Crippen MR) is 79.5 cm³/mol. The summed E-state index contributed by atoms with van der Waals surface area (Å²) in [4.78, 5) is 12.1. The monoisotopic (exact) mass is 300 g/mol. The first-order valence-electron chi connectivity index (χ1n) is 6.38. The van der Waals surface area contributed by atoms with Crippen molar-refractivity contribution in [3.05, 3.63) is 46.8 Å². The zero-order valence-corrected chi connectivity index (χ0v) is 11.5. The zero-order chi connectivity index (χ0) is 15.9. The number of benzene rings is 2. The molecule has 1 heterocycles. The van der Waals surface area contributed by atoms with E-state index in [1.165, 1.54) is 7.11 Å². The molecule has 112 valence electrons. The van der Waals surface area contributed by atoms with Gasteiger partial charge in [0.1, 0.15) is 22.3 Å². The Balaban J connectivity index is 2.45. The molecule has 0 bridgehead atoms. The highest BCUT2D eigenvalue weighted by Gasteiger charge is 2.22. The third-order valence-electron chi connectivity index (χ3n) is 3.35. The Morgan fingerprint density at radius 3 is 2.36 bits per heavy atom. The fraction of sp³-hybridized carbons (Fsp3) is 0.0625. The molecule has 0 atom stereocenters. The van der Waals surface area contributed by atoms with E-state index in [2.05, 4.69) is 0 Å². The van der Waals surface area contributed by atoms with Gasteiger partial charge in [-0.1, -0.05) is 30.3 Å². The molecule has 0 aliphatic rings. The maximum absolute atomic E-state index is 12.1. The lowest BCUT2D eigenvalue weighted by Crippen LogP contribution is -2.04. The van der Waals surface area contributed by atoms with Gasteiger partial charge in [-0.2, -0.15) is 0 Å². The van der Waals surface area contributed by atoms with Crippen molar-refractivity contribution in [2.75, 3.05) is 7.11 Å². The van der Waals surface area contributed by atoms with Gasteiger partial charge in [-0.3, -0.25) is 0 Å². The number of fused-ring (bicyclic) bond motifs is 1. The van der Waals surface area contributed by atoms with E-state index in [1.807, 2.05) is 0 Å². The number of methoxy groups -OCH3 is 1. The Hall–Kier alpha value is -3.15. The Morgan fingerprint density at radius 2 is 1.73 bits per heavy atom. The molecule has 3 aromatic rings. The lowest BCUT2D eigenvalue weighted by atomic mass is 10.0. The minimum absolute atomic E-state index is 0.0730. The second-order valence-electron chi connectivity index (χ2n) is 4.63. The van der Waals surface area contributed by atoms with Crippen molar-refractivity contribution in [1.82, 2.24) is 0 Å². The molecule has 2 aromatic carbocycles. The molecule has 0 aliphatic carbocycles. The maximum Gasteiger partial charge on any atom is 0.347 e. The molecule has 3 N–H and O–H groups in total. The van der Waals surface area contributed by atoms with E-state index in [9.17, 15) is 20.1 Å². The van der Waals surface area contributed by atoms with Crippen LogP contribution in [0, 0.1) is 0 Å². The third-order valence-corrected chi connectivity index (χ3v) is 3.35. The van der Waals surface area contributed by atoms with Gasteiger partial charge in [-0.15, -0.1) is 0 Å². The van der Waals surface area contributed by atoms with Crippen LogP contribution in [-0.4, -0.2) is 22.4 Å². The average molecular weight is 300 g/mol. The summed E-state index contributed by atoms with van der Waals surface area (Å²) in [5.41, 5.74) is -0.545. The summed E-state index contributed by atoms with van der Waals surface area (Å²) in [7, 11) is 1.26. The number of phenolic OH excluding ortho intramolecular Hbond substituents is 2. The van der Waals surface area contributed by atoms with E-state index in [0.29, 0.717) is 5.56 Å². The molecule has 0 saturated heterocycles. The highest BCUT2D eigenvalue weighted by atomic mass is 16.5. The van der Waals surface area contributed by atoms with Crippen molar-refractivity contribution in [3.63, 3.8) is 0 Å². The third kappa shape index (κ3) is 1.93. The standard InChI is InChI=1S/C16H12O6/c1-21-15-9(17)7-10-12(14(15)19)13(18)11(16(20)22-10)8-5-3-2-4-6-8/h2-7,17-19H,1H3. The van der Waals surface area contributed by atoms with Crippen LogP contribution in [0.2, 0.25) is 0 Å². The van der Waals surface area contributed by atoms with E-state index >= 15 is 0 Å². The average Bonchev–Trinajstić information content (AvgIpc) is 2.48. The van der Waals surface area contributed by atoms with Crippen molar-refractivity contribution in [3.8, 4) is 34.1 Å². The summed E-state index contributed by atoms with van der Waals surface area (Å²) in [5, 5.41) is 30.2. The molecular weight excluding hydrogens is 288 g/mol. The number of phenols is 2. The van der Waals surface area contributed by atoms with E-state index in [0.717, 1.165) is 6.07 Å². The van der Waals surface area contributed by atoms with Crippen LogP contribution in [0.4, 0.5) is 0 Å². The minimum Gasteiger partial charge on any atom is -0.506 e. The van der Waals surface area contributed by atoms with Gasteiger partial charge in [0, 0.05) is 6.07 Å². The van der Waals surface area contributed by atoms with Gasteiger partial charge in [0.2, 0.25) is 5.75 Å². The number of hydrogen-bond donors (Lipinski definition) is 3. The number of ether oxygens (including phenoxy) is 1. The van der Waals surface area contributed by atoms with E-state index in [1.54, 1.807) is 30.3 Å². The van der Waals surface area contributed by atoms with Crippen molar-refractivity contribution in [1.29, 1.82) is 0 Å². The summed E-state index contributed by atoms with van der Waals surface area (Å²) >= 11 is 0. The Morgan fingerprint density at radius 1 is 1.05 bits per heavy atom. The first kappa shape index (κ1) is 13.8. The number of aromatic hydroxyl groups is 3. The molecule has 6 heteroatoms. The molecule has 0 amide bonds. The van der Waals surface area contributed by atoms with Gasteiger partial charge in [0.25, 0.3) is 0 Å². The van der Waals surface area contributed by atoms with Gasteiger partial charge in [0.05, 0.1) is 7.11 Å². The Kier molecular flexibility index (Phi) is 3.14. The normalized spacial score (nSPS) is 10.8. The smallest absolute Gasteiger partial charge is 0.347 e. The van der Waals surface area contributed by atoms with Crippen LogP contribution < -0.4 is 10.4 Å². The second kappa shape index (κ2) is 5.00.